The molecular weight excluding hydrogens is 196 g/mol. The predicted octanol–water partition coefficient (Wildman–Crippen LogP) is 1.62. The molecule has 1 aromatic rings. The van der Waals surface area contributed by atoms with Gasteiger partial charge in [-0.25, -0.2) is 0 Å². The molecule has 0 aromatic heterocycles. The van der Waals surface area contributed by atoms with Crippen molar-refractivity contribution in [1.29, 1.82) is 0 Å². The summed E-state index contributed by atoms with van der Waals surface area (Å²) in [5.41, 5.74) is 3.16. The van der Waals surface area contributed by atoms with Gasteiger partial charge in [-0.2, -0.15) is 0 Å². The van der Waals surface area contributed by atoms with E-state index < -0.39 is 0 Å². The molecule has 1 aliphatic carbocycles. The van der Waals surface area contributed by atoms with Gasteiger partial charge in [-0.3, -0.25) is 4.90 Å². The zero-order chi connectivity index (χ0) is 11.0. The Morgan fingerprint density at radius 2 is 2.25 bits per heavy atom. The summed E-state index contributed by atoms with van der Waals surface area (Å²) in [6.07, 6.45) is 1.28. The average molecular weight is 216 g/mol. The summed E-state index contributed by atoms with van der Waals surface area (Å²) in [6, 6.07) is 9.60. The molecule has 2 atom stereocenters. The van der Waals surface area contributed by atoms with E-state index >= 15 is 0 Å². The van der Waals surface area contributed by atoms with Gasteiger partial charge in [0, 0.05) is 38.1 Å². The number of rotatable bonds is 2. The standard InChI is InChI=1S/C14H20N2/c1-11-9-15-6-7-16(11)10-13-8-12-4-2-3-5-14(12)13/h2-5,11,13,15H,6-10H2,1H3. The van der Waals surface area contributed by atoms with Gasteiger partial charge in [-0.05, 0) is 24.5 Å². The largest absolute Gasteiger partial charge is 0.314 e. The van der Waals surface area contributed by atoms with Crippen molar-refractivity contribution in [3.63, 3.8) is 0 Å². The summed E-state index contributed by atoms with van der Waals surface area (Å²) in [6.45, 7) is 7.09. The predicted molar refractivity (Wildman–Crippen MR) is 66.8 cm³/mol. The van der Waals surface area contributed by atoms with Gasteiger partial charge >= 0.3 is 0 Å². The summed E-state index contributed by atoms with van der Waals surface area (Å²) >= 11 is 0. The Hall–Kier alpha value is -0.860. The number of fused-ring (bicyclic) bond motifs is 1. The van der Waals surface area contributed by atoms with Crippen LogP contribution in [-0.4, -0.2) is 37.1 Å². The van der Waals surface area contributed by atoms with Crippen molar-refractivity contribution in [2.45, 2.75) is 25.3 Å². The van der Waals surface area contributed by atoms with Crippen LogP contribution in [0.25, 0.3) is 0 Å². The van der Waals surface area contributed by atoms with Gasteiger partial charge in [0.15, 0.2) is 0 Å². The van der Waals surface area contributed by atoms with E-state index in [0.717, 1.165) is 19.0 Å². The Labute approximate surface area is 97.6 Å². The van der Waals surface area contributed by atoms with Crippen LogP contribution in [0.5, 0.6) is 0 Å². The van der Waals surface area contributed by atoms with E-state index in [4.69, 9.17) is 0 Å². The van der Waals surface area contributed by atoms with Crippen LogP contribution in [0.4, 0.5) is 0 Å². The number of nitrogens with one attached hydrogen (secondary N) is 1. The van der Waals surface area contributed by atoms with Gasteiger partial charge in [-0.15, -0.1) is 0 Å². The molecule has 0 amide bonds. The third kappa shape index (κ3) is 1.76. The van der Waals surface area contributed by atoms with Gasteiger partial charge in [-0.1, -0.05) is 24.3 Å². The number of hydrogen-bond acceptors (Lipinski definition) is 2. The molecule has 16 heavy (non-hydrogen) atoms. The summed E-state index contributed by atoms with van der Waals surface area (Å²) in [5, 5.41) is 3.45. The Morgan fingerprint density at radius 1 is 1.38 bits per heavy atom. The van der Waals surface area contributed by atoms with E-state index in [0.29, 0.717) is 6.04 Å². The normalized spacial score (nSPS) is 29.6. The first kappa shape index (κ1) is 10.3. The molecule has 0 saturated carbocycles. The second-order valence-electron chi connectivity index (χ2n) is 5.15. The first-order chi connectivity index (χ1) is 7.84. The highest BCUT2D eigenvalue weighted by Crippen LogP contribution is 2.35. The maximum absolute atomic E-state index is 3.45. The van der Waals surface area contributed by atoms with Crippen molar-refractivity contribution in [2.24, 2.45) is 0 Å². The second-order valence-corrected chi connectivity index (χ2v) is 5.15. The summed E-state index contributed by atoms with van der Waals surface area (Å²) < 4.78 is 0. The van der Waals surface area contributed by atoms with Gasteiger partial charge in [0.25, 0.3) is 0 Å². The fourth-order valence-electron chi connectivity index (χ4n) is 2.96. The lowest BCUT2D eigenvalue weighted by Crippen LogP contribution is -2.51. The SMILES string of the molecule is CC1CNCCN1CC1Cc2ccccc21. The van der Waals surface area contributed by atoms with Crippen molar-refractivity contribution in [3.05, 3.63) is 35.4 Å². The van der Waals surface area contributed by atoms with Gasteiger partial charge in [0.1, 0.15) is 0 Å². The van der Waals surface area contributed by atoms with Crippen LogP contribution >= 0.6 is 0 Å². The zero-order valence-electron chi connectivity index (χ0n) is 9.95. The molecule has 1 fully saturated rings. The summed E-state index contributed by atoms with van der Waals surface area (Å²) in [7, 11) is 0. The number of nitrogens with zero attached hydrogens (tertiary/aromatic N) is 1. The molecule has 2 unspecified atom stereocenters. The fourth-order valence-corrected chi connectivity index (χ4v) is 2.96. The molecule has 1 saturated heterocycles. The molecule has 1 N–H and O–H groups in total. The highest BCUT2D eigenvalue weighted by Gasteiger charge is 2.29. The maximum atomic E-state index is 3.45. The highest BCUT2D eigenvalue weighted by atomic mass is 15.2. The summed E-state index contributed by atoms with van der Waals surface area (Å²) in [5.74, 6) is 0.789. The molecule has 1 aliphatic heterocycles. The highest BCUT2D eigenvalue weighted by molar-refractivity contribution is 5.40. The molecule has 86 valence electrons. The lowest BCUT2D eigenvalue weighted by atomic mass is 9.77. The van der Waals surface area contributed by atoms with E-state index in [2.05, 4.69) is 41.4 Å². The van der Waals surface area contributed by atoms with E-state index in [-0.39, 0.29) is 0 Å². The van der Waals surface area contributed by atoms with Crippen LogP contribution in [0.3, 0.4) is 0 Å². The van der Waals surface area contributed by atoms with Crippen molar-refractivity contribution in [3.8, 4) is 0 Å². The van der Waals surface area contributed by atoms with Crippen molar-refractivity contribution in [2.75, 3.05) is 26.2 Å². The quantitative estimate of drug-likeness (QED) is 0.808. The minimum atomic E-state index is 0.696. The fraction of sp³-hybridized carbons (Fsp3) is 0.571. The van der Waals surface area contributed by atoms with E-state index in [9.17, 15) is 0 Å². The smallest absolute Gasteiger partial charge is 0.0193 e. The third-order valence-corrected chi connectivity index (χ3v) is 4.06. The molecule has 0 bridgehead atoms. The minimum Gasteiger partial charge on any atom is -0.314 e. The van der Waals surface area contributed by atoms with Gasteiger partial charge in [0.2, 0.25) is 0 Å². The van der Waals surface area contributed by atoms with Crippen LogP contribution in [0, 0.1) is 0 Å². The zero-order valence-corrected chi connectivity index (χ0v) is 9.95. The Balaban J connectivity index is 1.65. The lowest BCUT2D eigenvalue weighted by molar-refractivity contribution is 0.159. The Kier molecular flexibility index (Phi) is 2.70. The van der Waals surface area contributed by atoms with E-state index in [1.807, 2.05) is 0 Å². The summed E-state index contributed by atoms with van der Waals surface area (Å²) in [4.78, 5) is 2.64. The Morgan fingerprint density at radius 3 is 3.06 bits per heavy atom. The average Bonchev–Trinajstić information content (AvgIpc) is 2.28. The molecule has 1 aromatic carbocycles. The first-order valence-electron chi connectivity index (χ1n) is 6.37. The molecule has 1 heterocycles. The van der Waals surface area contributed by atoms with E-state index in [1.54, 1.807) is 11.1 Å². The number of benzene rings is 1. The molecule has 2 nitrogen and oxygen atoms in total. The van der Waals surface area contributed by atoms with Gasteiger partial charge < -0.3 is 5.32 Å². The first-order valence-corrected chi connectivity index (χ1v) is 6.37. The van der Waals surface area contributed by atoms with Crippen molar-refractivity contribution >= 4 is 0 Å². The van der Waals surface area contributed by atoms with Gasteiger partial charge in [0.05, 0.1) is 0 Å². The Bertz CT molecular complexity index is 375. The van der Waals surface area contributed by atoms with Crippen LogP contribution in [-0.2, 0) is 6.42 Å². The van der Waals surface area contributed by atoms with Crippen LogP contribution in [0.15, 0.2) is 24.3 Å². The number of hydrogen-bond donors (Lipinski definition) is 1. The minimum absolute atomic E-state index is 0.696. The van der Waals surface area contributed by atoms with Crippen LogP contribution in [0.2, 0.25) is 0 Å². The maximum Gasteiger partial charge on any atom is 0.0193 e. The molecule has 3 rings (SSSR count). The topological polar surface area (TPSA) is 15.3 Å². The molecule has 0 radical (unpaired) electrons. The lowest BCUT2D eigenvalue weighted by Gasteiger charge is -2.40. The molecular formula is C14H20N2. The third-order valence-electron chi connectivity index (χ3n) is 4.06. The van der Waals surface area contributed by atoms with Crippen molar-refractivity contribution < 1.29 is 0 Å². The van der Waals surface area contributed by atoms with Crippen LogP contribution < -0.4 is 5.32 Å². The number of piperazine rings is 1. The monoisotopic (exact) mass is 216 g/mol. The second kappa shape index (κ2) is 4.19. The van der Waals surface area contributed by atoms with Crippen molar-refractivity contribution in [1.82, 2.24) is 10.2 Å². The molecule has 2 heteroatoms. The van der Waals surface area contributed by atoms with E-state index in [1.165, 1.54) is 19.5 Å². The molecule has 2 aliphatic rings. The van der Waals surface area contributed by atoms with Crippen LogP contribution in [0.1, 0.15) is 24.0 Å². The molecule has 0 spiro atoms.